The van der Waals surface area contributed by atoms with Crippen LogP contribution in [0.15, 0.2) is 82.8 Å². The van der Waals surface area contributed by atoms with Gasteiger partial charge in [0.05, 0.1) is 0 Å². The molecule has 4 heteroatoms. The van der Waals surface area contributed by atoms with E-state index in [0.29, 0.717) is 5.56 Å². The van der Waals surface area contributed by atoms with Gasteiger partial charge >= 0.3 is 0 Å². The van der Waals surface area contributed by atoms with Crippen molar-refractivity contribution < 1.29 is 10.0 Å². The summed E-state index contributed by atoms with van der Waals surface area (Å²) in [6, 6.07) is 22.6. The zero-order valence-corrected chi connectivity index (χ0v) is 12.5. The SMILES string of the molecule is O=C(/C(=N\O)Sc1ccccc1)c1ccc2ccccc2c1. The highest BCUT2D eigenvalue weighted by Gasteiger charge is 2.16. The molecule has 0 atom stereocenters. The van der Waals surface area contributed by atoms with E-state index >= 15 is 0 Å². The Labute approximate surface area is 132 Å². The van der Waals surface area contributed by atoms with Crippen LogP contribution in [0, 0.1) is 0 Å². The van der Waals surface area contributed by atoms with Crippen LogP contribution in [0.2, 0.25) is 0 Å². The van der Waals surface area contributed by atoms with Crippen molar-refractivity contribution in [1.29, 1.82) is 0 Å². The molecule has 0 spiro atoms. The number of hydrogen-bond acceptors (Lipinski definition) is 4. The summed E-state index contributed by atoms with van der Waals surface area (Å²) in [5.74, 6) is -0.290. The largest absolute Gasteiger partial charge is 0.410 e. The highest BCUT2D eigenvalue weighted by molar-refractivity contribution is 8.15. The lowest BCUT2D eigenvalue weighted by Crippen LogP contribution is -2.10. The van der Waals surface area contributed by atoms with E-state index in [4.69, 9.17) is 0 Å². The Morgan fingerprint density at radius 1 is 0.864 bits per heavy atom. The minimum Gasteiger partial charge on any atom is -0.410 e. The van der Waals surface area contributed by atoms with Gasteiger partial charge in [-0.15, -0.1) is 0 Å². The molecule has 0 aliphatic carbocycles. The van der Waals surface area contributed by atoms with E-state index < -0.39 is 0 Å². The fraction of sp³-hybridized carbons (Fsp3) is 0. The van der Waals surface area contributed by atoms with Gasteiger partial charge in [-0.2, -0.15) is 0 Å². The van der Waals surface area contributed by atoms with Crippen molar-refractivity contribution in [1.82, 2.24) is 0 Å². The lowest BCUT2D eigenvalue weighted by molar-refractivity contribution is 0.106. The molecule has 0 radical (unpaired) electrons. The van der Waals surface area contributed by atoms with Gasteiger partial charge in [-0.1, -0.05) is 71.5 Å². The molecule has 3 aromatic carbocycles. The van der Waals surface area contributed by atoms with Gasteiger partial charge in [-0.05, 0) is 29.0 Å². The zero-order valence-electron chi connectivity index (χ0n) is 11.6. The molecule has 0 aliphatic rings. The van der Waals surface area contributed by atoms with Crippen LogP contribution < -0.4 is 0 Å². The van der Waals surface area contributed by atoms with Crippen molar-refractivity contribution in [2.75, 3.05) is 0 Å². The number of benzene rings is 3. The quantitative estimate of drug-likeness (QED) is 0.192. The number of thioether (sulfide) groups is 1. The minimum absolute atomic E-state index is 0.0569. The van der Waals surface area contributed by atoms with E-state index in [1.807, 2.05) is 66.7 Å². The van der Waals surface area contributed by atoms with Crippen LogP contribution in [-0.4, -0.2) is 16.0 Å². The van der Waals surface area contributed by atoms with E-state index in [1.165, 1.54) is 0 Å². The summed E-state index contributed by atoms with van der Waals surface area (Å²) in [5, 5.41) is 14.5. The van der Waals surface area contributed by atoms with Crippen LogP contribution in [0.1, 0.15) is 10.4 Å². The van der Waals surface area contributed by atoms with E-state index in [2.05, 4.69) is 5.16 Å². The summed E-state index contributed by atoms with van der Waals surface area (Å²) in [6.45, 7) is 0. The Kier molecular flexibility index (Phi) is 4.21. The zero-order chi connectivity index (χ0) is 15.4. The molecular weight excluding hydrogens is 294 g/mol. The number of rotatable bonds is 3. The van der Waals surface area contributed by atoms with Crippen molar-refractivity contribution in [3.05, 3.63) is 78.4 Å². The van der Waals surface area contributed by atoms with Gasteiger partial charge in [0, 0.05) is 10.5 Å². The second-order valence-corrected chi connectivity index (χ2v) is 5.77. The fourth-order valence-corrected chi connectivity index (χ4v) is 2.93. The smallest absolute Gasteiger partial charge is 0.221 e. The molecule has 0 aromatic heterocycles. The molecule has 0 aliphatic heterocycles. The lowest BCUT2D eigenvalue weighted by atomic mass is 10.0. The monoisotopic (exact) mass is 307 g/mol. The summed E-state index contributed by atoms with van der Waals surface area (Å²) >= 11 is 1.15. The first-order valence-corrected chi connectivity index (χ1v) is 7.58. The summed E-state index contributed by atoms with van der Waals surface area (Å²) < 4.78 is 0. The second-order valence-electron chi connectivity index (χ2n) is 4.71. The number of nitrogens with zero attached hydrogens (tertiary/aromatic N) is 1. The molecule has 0 saturated heterocycles. The highest BCUT2D eigenvalue weighted by Crippen LogP contribution is 2.23. The van der Waals surface area contributed by atoms with E-state index in [9.17, 15) is 10.0 Å². The van der Waals surface area contributed by atoms with Crippen LogP contribution >= 0.6 is 11.8 Å². The molecule has 3 nitrogen and oxygen atoms in total. The van der Waals surface area contributed by atoms with Gasteiger partial charge < -0.3 is 5.21 Å². The first kappa shape index (κ1) is 14.4. The predicted molar refractivity (Wildman–Crippen MR) is 89.8 cm³/mol. The molecular formula is C18H13NO2S. The summed E-state index contributed by atoms with van der Waals surface area (Å²) in [5.41, 5.74) is 0.509. The van der Waals surface area contributed by atoms with Crippen molar-refractivity contribution in [3.8, 4) is 0 Å². The number of ketones is 1. The standard InChI is InChI=1S/C18H13NO2S/c20-17(18(19-21)22-16-8-2-1-3-9-16)15-11-10-13-6-4-5-7-14(13)12-15/h1-12,21H/b19-18+. The van der Waals surface area contributed by atoms with Crippen LogP contribution in [0.4, 0.5) is 0 Å². The maximum absolute atomic E-state index is 12.5. The van der Waals surface area contributed by atoms with Gasteiger partial charge in [0.25, 0.3) is 0 Å². The Morgan fingerprint density at radius 2 is 1.55 bits per heavy atom. The number of fused-ring (bicyclic) bond motifs is 1. The van der Waals surface area contributed by atoms with Crippen molar-refractivity contribution >= 4 is 33.4 Å². The first-order chi connectivity index (χ1) is 10.8. The van der Waals surface area contributed by atoms with Crippen LogP contribution in [0.3, 0.4) is 0 Å². The van der Waals surface area contributed by atoms with Gasteiger partial charge in [-0.25, -0.2) is 0 Å². The molecule has 1 N–H and O–H groups in total. The third-order valence-electron chi connectivity index (χ3n) is 3.25. The van der Waals surface area contributed by atoms with Crippen LogP contribution in [-0.2, 0) is 0 Å². The lowest BCUT2D eigenvalue weighted by Gasteiger charge is -2.05. The van der Waals surface area contributed by atoms with Crippen molar-refractivity contribution in [2.45, 2.75) is 4.90 Å². The number of hydrogen-bond donors (Lipinski definition) is 1. The Bertz CT molecular complexity index is 844. The number of carbonyl (C=O) groups excluding carboxylic acids is 1. The molecule has 0 heterocycles. The molecule has 0 bridgehead atoms. The average Bonchev–Trinajstić information content (AvgIpc) is 2.59. The number of carbonyl (C=O) groups is 1. The van der Waals surface area contributed by atoms with E-state index in [1.54, 1.807) is 6.07 Å². The highest BCUT2D eigenvalue weighted by atomic mass is 32.2. The van der Waals surface area contributed by atoms with Gasteiger partial charge in [0.15, 0.2) is 5.04 Å². The molecule has 3 rings (SSSR count). The Hall–Kier alpha value is -2.59. The van der Waals surface area contributed by atoms with E-state index in [-0.39, 0.29) is 10.8 Å². The summed E-state index contributed by atoms with van der Waals surface area (Å²) in [4.78, 5) is 13.4. The van der Waals surface area contributed by atoms with Crippen LogP contribution in [0.5, 0.6) is 0 Å². The topological polar surface area (TPSA) is 49.7 Å². The first-order valence-electron chi connectivity index (χ1n) is 6.76. The molecule has 0 amide bonds. The van der Waals surface area contributed by atoms with Crippen molar-refractivity contribution in [2.24, 2.45) is 5.16 Å². The normalized spacial score (nSPS) is 11.5. The third-order valence-corrected chi connectivity index (χ3v) is 4.22. The van der Waals surface area contributed by atoms with Gasteiger partial charge in [0.2, 0.25) is 5.78 Å². The van der Waals surface area contributed by atoms with Gasteiger partial charge in [0.1, 0.15) is 0 Å². The summed E-state index contributed by atoms with van der Waals surface area (Å²) in [6.07, 6.45) is 0. The maximum Gasteiger partial charge on any atom is 0.221 e. The Balaban J connectivity index is 1.90. The summed E-state index contributed by atoms with van der Waals surface area (Å²) in [7, 11) is 0. The molecule has 0 unspecified atom stereocenters. The molecule has 0 fully saturated rings. The Morgan fingerprint density at radius 3 is 2.27 bits per heavy atom. The molecule has 0 saturated carbocycles. The van der Waals surface area contributed by atoms with Gasteiger partial charge in [-0.3, -0.25) is 4.79 Å². The second kappa shape index (κ2) is 6.45. The average molecular weight is 307 g/mol. The molecule has 22 heavy (non-hydrogen) atoms. The third kappa shape index (κ3) is 3.02. The number of oxime groups is 1. The van der Waals surface area contributed by atoms with E-state index in [0.717, 1.165) is 27.4 Å². The van der Waals surface area contributed by atoms with Crippen molar-refractivity contribution in [3.63, 3.8) is 0 Å². The predicted octanol–water partition coefficient (Wildman–Crippen LogP) is 4.60. The number of Topliss-reactive ketones (excluding diaryl/α,β-unsaturated/α-hetero) is 1. The molecule has 3 aromatic rings. The molecule has 108 valence electrons. The van der Waals surface area contributed by atoms with Crippen LogP contribution in [0.25, 0.3) is 10.8 Å². The minimum atomic E-state index is -0.290. The maximum atomic E-state index is 12.5. The fourth-order valence-electron chi connectivity index (χ4n) is 2.17.